The Morgan fingerprint density at radius 1 is 1.09 bits per heavy atom. The van der Waals surface area contributed by atoms with Crippen LogP contribution >= 0.6 is 0 Å². The molecule has 33 heavy (non-hydrogen) atoms. The molecule has 7 nitrogen and oxygen atoms in total. The minimum Gasteiger partial charge on any atom is -0.348 e. The van der Waals surface area contributed by atoms with Gasteiger partial charge in [0.25, 0.3) is 17.0 Å². The molecule has 0 spiro atoms. The zero-order chi connectivity index (χ0) is 23.9. The lowest BCUT2D eigenvalue weighted by Gasteiger charge is -2.18. The first-order valence-electron chi connectivity index (χ1n) is 10.9. The van der Waals surface area contributed by atoms with Crippen LogP contribution in [0.2, 0.25) is 0 Å². The van der Waals surface area contributed by atoms with Crippen molar-refractivity contribution < 1.29 is 4.79 Å². The number of hydrogen-bond acceptors (Lipinski definition) is 3. The Morgan fingerprint density at radius 3 is 2.52 bits per heavy atom. The molecule has 0 fully saturated rings. The summed E-state index contributed by atoms with van der Waals surface area (Å²) in [5, 5.41) is 3.76. The maximum atomic E-state index is 13.3. The molecule has 1 amide bonds. The van der Waals surface area contributed by atoms with Crippen LogP contribution in [0, 0.1) is 20.8 Å². The summed E-state index contributed by atoms with van der Waals surface area (Å²) < 4.78 is 3.62. The maximum Gasteiger partial charge on any atom is 0.254 e. The SMILES string of the molecule is Cc1cc(C)c(CNC(=O)c2c(C)n(C(C)c3ccn(C)c(=O)c3)c3ccccc23)c(=O)[nH]1. The number of carbonyl (C=O) groups excluding carboxylic acids is 1. The summed E-state index contributed by atoms with van der Waals surface area (Å²) in [6, 6.07) is 13.0. The maximum absolute atomic E-state index is 13.3. The number of aryl methyl sites for hydroxylation is 3. The van der Waals surface area contributed by atoms with Crippen molar-refractivity contribution in [2.24, 2.45) is 7.05 Å². The number of aromatic nitrogens is 3. The third kappa shape index (κ3) is 4.02. The first-order valence-corrected chi connectivity index (χ1v) is 10.9. The molecular weight excluding hydrogens is 416 g/mol. The molecule has 0 aliphatic rings. The summed E-state index contributed by atoms with van der Waals surface area (Å²) in [4.78, 5) is 40.7. The van der Waals surface area contributed by atoms with E-state index in [2.05, 4.69) is 14.9 Å². The van der Waals surface area contributed by atoms with Crippen LogP contribution in [0.3, 0.4) is 0 Å². The van der Waals surface area contributed by atoms with E-state index in [-0.39, 0.29) is 29.6 Å². The highest BCUT2D eigenvalue weighted by Crippen LogP contribution is 2.31. The van der Waals surface area contributed by atoms with Crippen LogP contribution in [0.25, 0.3) is 10.9 Å². The van der Waals surface area contributed by atoms with Crippen LogP contribution in [-0.4, -0.2) is 20.0 Å². The minimum atomic E-state index is -0.238. The molecule has 7 heteroatoms. The van der Waals surface area contributed by atoms with Crippen molar-refractivity contribution in [3.63, 3.8) is 0 Å². The first-order chi connectivity index (χ1) is 15.7. The Hall–Kier alpha value is -3.87. The van der Waals surface area contributed by atoms with Gasteiger partial charge in [-0.3, -0.25) is 14.4 Å². The summed E-state index contributed by atoms with van der Waals surface area (Å²) in [5.74, 6) is -0.238. The van der Waals surface area contributed by atoms with Gasteiger partial charge < -0.3 is 19.4 Å². The molecule has 4 rings (SSSR count). The van der Waals surface area contributed by atoms with Crippen LogP contribution < -0.4 is 16.4 Å². The van der Waals surface area contributed by atoms with Crippen LogP contribution in [0.5, 0.6) is 0 Å². The molecule has 1 unspecified atom stereocenters. The van der Waals surface area contributed by atoms with Crippen molar-refractivity contribution in [3.8, 4) is 0 Å². The zero-order valence-corrected chi connectivity index (χ0v) is 19.5. The van der Waals surface area contributed by atoms with Gasteiger partial charge >= 0.3 is 0 Å². The van der Waals surface area contributed by atoms with Crippen molar-refractivity contribution in [2.75, 3.05) is 0 Å². The number of para-hydroxylation sites is 1. The highest BCUT2D eigenvalue weighted by molar-refractivity contribution is 6.08. The third-order valence-corrected chi connectivity index (χ3v) is 6.30. The van der Waals surface area contributed by atoms with Crippen LogP contribution in [0.15, 0.2) is 58.3 Å². The van der Waals surface area contributed by atoms with Gasteiger partial charge in [0.15, 0.2) is 0 Å². The van der Waals surface area contributed by atoms with Crippen LogP contribution in [0.4, 0.5) is 0 Å². The van der Waals surface area contributed by atoms with Gasteiger partial charge in [-0.05, 0) is 57.0 Å². The standard InChI is InChI=1S/C26H28N4O3/c1-15-12-16(2)28-25(32)21(15)14-27-26(33)24-18(4)30(22-9-7-6-8-20(22)24)17(3)19-10-11-29(5)23(31)13-19/h6-13,17H,14H2,1-5H3,(H,27,33)(H,28,32). The van der Waals surface area contributed by atoms with E-state index < -0.39 is 0 Å². The lowest BCUT2D eigenvalue weighted by atomic mass is 10.1. The second-order valence-corrected chi connectivity index (χ2v) is 8.56. The molecule has 0 saturated heterocycles. The molecule has 0 bridgehead atoms. The molecule has 0 aliphatic heterocycles. The second-order valence-electron chi connectivity index (χ2n) is 8.56. The number of amides is 1. The fourth-order valence-electron chi connectivity index (χ4n) is 4.51. The summed E-state index contributed by atoms with van der Waals surface area (Å²) >= 11 is 0. The fraction of sp³-hybridized carbons (Fsp3) is 0.269. The largest absolute Gasteiger partial charge is 0.348 e. The number of H-pyrrole nitrogens is 1. The van der Waals surface area contributed by atoms with E-state index in [0.717, 1.165) is 33.4 Å². The zero-order valence-electron chi connectivity index (χ0n) is 19.5. The Kier molecular flexibility index (Phi) is 5.80. The Morgan fingerprint density at radius 2 is 1.82 bits per heavy atom. The van der Waals surface area contributed by atoms with E-state index in [1.807, 2.05) is 64.1 Å². The normalized spacial score (nSPS) is 12.2. The number of carbonyl (C=O) groups is 1. The van der Waals surface area contributed by atoms with Crippen molar-refractivity contribution in [1.29, 1.82) is 0 Å². The predicted octanol–water partition coefficient (Wildman–Crippen LogP) is 3.49. The Labute approximate surface area is 191 Å². The predicted molar refractivity (Wildman–Crippen MR) is 130 cm³/mol. The Balaban J connectivity index is 1.74. The quantitative estimate of drug-likeness (QED) is 0.494. The lowest BCUT2D eigenvalue weighted by molar-refractivity contribution is 0.0951. The van der Waals surface area contributed by atoms with E-state index in [1.54, 1.807) is 19.3 Å². The summed E-state index contributed by atoms with van der Waals surface area (Å²) in [5.41, 5.74) is 5.07. The van der Waals surface area contributed by atoms with Crippen molar-refractivity contribution in [2.45, 2.75) is 40.3 Å². The average molecular weight is 445 g/mol. The number of pyridine rings is 2. The number of aromatic amines is 1. The molecule has 1 atom stereocenters. The molecular formula is C26H28N4O3. The molecule has 0 aliphatic carbocycles. The van der Waals surface area contributed by atoms with Crippen molar-refractivity contribution >= 4 is 16.8 Å². The van der Waals surface area contributed by atoms with E-state index in [9.17, 15) is 14.4 Å². The summed E-state index contributed by atoms with van der Waals surface area (Å²) in [6.07, 6.45) is 1.75. The van der Waals surface area contributed by atoms with Crippen molar-refractivity contribution in [3.05, 3.63) is 103 Å². The van der Waals surface area contributed by atoms with Gasteiger partial charge in [0.2, 0.25) is 0 Å². The number of nitrogens with one attached hydrogen (secondary N) is 2. The molecule has 1 aromatic carbocycles. The van der Waals surface area contributed by atoms with Gasteiger partial charge in [-0.15, -0.1) is 0 Å². The number of fused-ring (bicyclic) bond motifs is 1. The van der Waals surface area contributed by atoms with Gasteiger partial charge in [-0.25, -0.2) is 0 Å². The van der Waals surface area contributed by atoms with E-state index in [4.69, 9.17) is 0 Å². The van der Waals surface area contributed by atoms with E-state index in [1.165, 1.54) is 4.57 Å². The average Bonchev–Trinajstić information content (AvgIpc) is 3.06. The summed E-state index contributed by atoms with van der Waals surface area (Å²) in [7, 11) is 1.72. The van der Waals surface area contributed by atoms with E-state index in [0.29, 0.717) is 11.1 Å². The number of benzene rings is 1. The Bertz CT molecular complexity index is 1490. The highest BCUT2D eigenvalue weighted by Gasteiger charge is 2.23. The molecule has 3 heterocycles. The smallest absolute Gasteiger partial charge is 0.254 e. The van der Waals surface area contributed by atoms with Crippen molar-refractivity contribution in [1.82, 2.24) is 19.4 Å². The highest BCUT2D eigenvalue weighted by atomic mass is 16.2. The van der Waals surface area contributed by atoms with E-state index >= 15 is 0 Å². The number of rotatable bonds is 5. The summed E-state index contributed by atoms with van der Waals surface area (Å²) in [6.45, 7) is 7.77. The number of nitrogens with zero attached hydrogens (tertiary/aromatic N) is 2. The van der Waals surface area contributed by atoms with Gasteiger partial charge in [0, 0.05) is 53.7 Å². The molecule has 4 aromatic rings. The monoisotopic (exact) mass is 444 g/mol. The molecule has 3 aromatic heterocycles. The van der Waals surface area contributed by atoms with Crippen LogP contribution in [0.1, 0.15) is 51.4 Å². The molecule has 0 saturated carbocycles. The minimum absolute atomic E-state index is 0.0786. The van der Waals surface area contributed by atoms with Gasteiger partial charge in [0.05, 0.1) is 11.6 Å². The second kappa shape index (κ2) is 8.58. The van der Waals surface area contributed by atoms with Gasteiger partial charge in [0.1, 0.15) is 0 Å². The van der Waals surface area contributed by atoms with Gasteiger partial charge in [-0.2, -0.15) is 0 Å². The first kappa shape index (κ1) is 22.3. The molecule has 0 radical (unpaired) electrons. The third-order valence-electron chi connectivity index (χ3n) is 6.30. The van der Waals surface area contributed by atoms with Gasteiger partial charge in [-0.1, -0.05) is 18.2 Å². The van der Waals surface area contributed by atoms with Crippen LogP contribution in [-0.2, 0) is 13.6 Å². The molecule has 2 N–H and O–H groups in total. The topological polar surface area (TPSA) is 88.9 Å². The fourth-order valence-corrected chi connectivity index (χ4v) is 4.51. The molecule has 170 valence electrons. The number of hydrogen-bond donors (Lipinski definition) is 2. The lowest BCUT2D eigenvalue weighted by Crippen LogP contribution is -2.28.